The lowest BCUT2D eigenvalue weighted by atomic mass is 10.3. The van der Waals surface area contributed by atoms with Crippen molar-refractivity contribution in [1.82, 2.24) is 4.98 Å². The first-order valence-corrected chi connectivity index (χ1v) is 5.86. The van der Waals surface area contributed by atoms with Gasteiger partial charge in [-0.1, -0.05) is 12.1 Å². The molecule has 0 unspecified atom stereocenters. The fourth-order valence-electron chi connectivity index (χ4n) is 1.61. The van der Waals surface area contributed by atoms with Crippen LogP contribution in [0.4, 0.5) is 21.6 Å². The van der Waals surface area contributed by atoms with Crippen molar-refractivity contribution >= 4 is 17.2 Å². The van der Waals surface area contributed by atoms with Crippen molar-refractivity contribution in [2.24, 2.45) is 0 Å². The maximum absolute atomic E-state index is 12.2. The van der Waals surface area contributed by atoms with Crippen LogP contribution in [0.1, 0.15) is 0 Å². The highest BCUT2D eigenvalue weighted by molar-refractivity contribution is 5.69. The van der Waals surface area contributed by atoms with Gasteiger partial charge in [0.2, 0.25) is 5.82 Å². The highest BCUT2D eigenvalue weighted by Crippen LogP contribution is 2.30. The maximum Gasteiger partial charge on any atom is 0.311 e. The summed E-state index contributed by atoms with van der Waals surface area (Å²) in [5.74, 6) is 0.513. The third kappa shape index (κ3) is 3.19. The first kappa shape index (κ1) is 13.7. The largest absolute Gasteiger partial charge is 0.489 e. The zero-order valence-corrected chi connectivity index (χ0v) is 10.5. The van der Waals surface area contributed by atoms with Crippen molar-refractivity contribution in [2.45, 2.75) is 0 Å². The van der Waals surface area contributed by atoms with Crippen molar-refractivity contribution in [1.29, 1.82) is 0 Å². The lowest BCUT2D eigenvalue weighted by Crippen LogP contribution is -2.03. The van der Waals surface area contributed by atoms with Crippen LogP contribution in [-0.2, 0) is 0 Å². The lowest BCUT2D eigenvalue weighted by molar-refractivity contribution is -0.384. The van der Waals surface area contributed by atoms with Crippen LogP contribution in [0.3, 0.4) is 0 Å². The summed E-state index contributed by atoms with van der Waals surface area (Å²) in [5.41, 5.74) is 0.343. The quantitative estimate of drug-likeness (QED) is 0.648. The number of nitrogens with zero attached hydrogens (tertiary/aromatic N) is 2. The molecular weight excluding hydrogens is 265 g/mol. The number of alkyl halides is 1. The summed E-state index contributed by atoms with van der Waals surface area (Å²) in [6, 6.07) is 9.61. The van der Waals surface area contributed by atoms with Crippen LogP contribution < -0.4 is 10.1 Å². The average Bonchev–Trinajstić information content (AvgIpc) is 2.47. The molecule has 2 aromatic rings. The fraction of sp³-hybridized carbons (Fsp3) is 0.154. The zero-order chi connectivity index (χ0) is 14.4. The summed E-state index contributed by atoms with van der Waals surface area (Å²) >= 11 is 0. The molecule has 0 fully saturated rings. The first-order chi connectivity index (χ1) is 9.72. The minimum atomic E-state index is -0.613. The number of halogens is 1. The number of nitrogens with one attached hydrogen (secondary N) is 1. The van der Waals surface area contributed by atoms with Gasteiger partial charge in [0.1, 0.15) is 19.0 Å². The van der Waals surface area contributed by atoms with E-state index < -0.39 is 11.6 Å². The Hall–Kier alpha value is -2.70. The molecule has 1 aromatic heterocycles. The second kappa shape index (κ2) is 6.46. The highest BCUT2D eigenvalue weighted by Gasteiger charge is 2.15. The molecule has 0 amide bonds. The molecule has 0 aliphatic carbocycles. The Labute approximate surface area is 114 Å². The molecule has 1 N–H and O–H groups in total. The minimum absolute atomic E-state index is 0.0804. The third-order valence-corrected chi connectivity index (χ3v) is 2.46. The van der Waals surface area contributed by atoms with Gasteiger partial charge in [-0.3, -0.25) is 10.1 Å². The Kier molecular flexibility index (Phi) is 4.43. The summed E-state index contributed by atoms with van der Waals surface area (Å²) in [4.78, 5) is 14.3. The second-order valence-electron chi connectivity index (χ2n) is 3.79. The fourth-order valence-corrected chi connectivity index (χ4v) is 1.61. The molecular formula is C13H12FN3O3. The molecule has 0 radical (unpaired) electrons. The number of hydrogen-bond acceptors (Lipinski definition) is 5. The molecule has 0 aliphatic heterocycles. The normalized spacial score (nSPS) is 10.1. The predicted octanol–water partition coefficient (Wildman–Crippen LogP) is 3.08. The van der Waals surface area contributed by atoms with Crippen molar-refractivity contribution in [3.8, 4) is 5.75 Å². The molecule has 0 bridgehead atoms. The first-order valence-electron chi connectivity index (χ1n) is 5.86. The van der Waals surface area contributed by atoms with E-state index in [4.69, 9.17) is 4.74 Å². The van der Waals surface area contributed by atoms with Crippen molar-refractivity contribution < 1.29 is 14.1 Å². The Balaban J connectivity index is 2.28. The van der Waals surface area contributed by atoms with Crippen molar-refractivity contribution in [2.75, 3.05) is 18.6 Å². The van der Waals surface area contributed by atoms with Gasteiger partial charge in [-0.15, -0.1) is 0 Å². The molecule has 0 saturated carbocycles. The number of para-hydroxylation sites is 2. The van der Waals surface area contributed by atoms with Gasteiger partial charge >= 0.3 is 5.69 Å². The smallest absolute Gasteiger partial charge is 0.311 e. The van der Waals surface area contributed by atoms with Gasteiger partial charge in [0.15, 0.2) is 0 Å². The number of hydrogen-bond donors (Lipinski definition) is 1. The number of anilines is 2. The Morgan fingerprint density at radius 1 is 1.30 bits per heavy atom. The molecule has 0 saturated heterocycles. The van der Waals surface area contributed by atoms with Crippen LogP contribution in [0, 0.1) is 10.1 Å². The number of aromatic nitrogens is 1. The predicted molar refractivity (Wildman–Crippen MR) is 72.1 cm³/mol. The van der Waals surface area contributed by atoms with Crippen molar-refractivity contribution in [3.05, 3.63) is 52.7 Å². The third-order valence-electron chi connectivity index (χ3n) is 2.46. The van der Waals surface area contributed by atoms with E-state index in [-0.39, 0.29) is 18.1 Å². The Morgan fingerprint density at radius 3 is 2.85 bits per heavy atom. The van der Waals surface area contributed by atoms with Crippen LogP contribution in [0.5, 0.6) is 5.75 Å². The van der Waals surface area contributed by atoms with Gasteiger partial charge in [0.25, 0.3) is 0 Å². The molecule has 6 nitrogen and oxygen atoms in total. The van der Waals surface area contributed by atoms with Gasteiger partial charge in [-0.2, -0.15) is 0 Å². The van der Waals surface area contributed by atoms with Gasteiger partial charge in [-0.25, -0.2) is 9.37 Å². The number of benzene rings is 1. The number of nitro groups is 1. The van der Waals surface area contributed by atoms with E-state index >= 15 is 0 Å². The summed E-state index contributed by atoms with van der Waals surface area (Å²) in [7, 11) is 0. The molecule has 1 heterocycles. The van der Waals surface area contributed by atoms with Crippen LogP contribution in [0.15, 0.2) is 42.6 Å². The molecule has 0 spiro atoms. The van der Waals surface area contributed by atoms with Crippen LogP contribution in [0.2, 0.25) is 0 Å². The van der Waals surface area contributed by atoms with Gasteiger partial charge in [0.05, 0.1) is 10.6 Å². The van der Waals surface area contributed by atoms with Crippen LogP contribution >= 0.6 is 0 Å². The van der Waals surface area contributed by atoms with E-state index in [2.05, 4.69) is 10.3 Å². The molecule has 2 rings (SSSR count). The number of pyridine rings is 1. The van der Waals surface area contributed by atoms with Crippen molar-refractivity contribution in [3.63, 3.8) is 0 Å². The number of ether oxygens (including phenoxy) is 1. The topological polar surface area (TPSA) is 77.3 Å². The van der Waals surface area contributed by atoms with Gasteiger partial charge in [-0.05, 0) is 18.2 Å². The zero-order valence-electron chi connectivity index (χ0n) is 10.5. The van der Waals surface area contributed by atoms with Gasteiger partial charge in [0, 0.05) is 12.3 Å². The average molecular weight is 277 g/mol. The Morgan fingerprint density at radius 2 is 2.10 bits per heavy atom. The molecule has 7 heteroatoms. The highest BCUT2D eigenvalue weighted by atomic mass is 19.1. The molecule has 0 aliphatic rings. The van der Waals surface area contributed by atoms with E-state index in [1.807, 2.05) is 0 Å². The Bertz CT molecular complexity index is 607. The summed E-state index contributed by atoms with van der Waals surface area (Å²) in [6.07, 6.45) is 1.44. The second-order valence-corrected chi connectivity index (χ2v) is 3.79. The van der Waals surface area contributed by atoms with E-state index in [1.54, 1.807) is 24.3 Å². The van der Waals surface area contributed by atoms with Gasteiger partial charge < -0.3 is 10.1 Å². The van der Waals surface area contributed by atoms with E-state index in [1.165, 1.54) is 18.3 Å². The molecule has 1 aromatic carbocycles. The van der Waals surface area contributed by atoms with E-state index in [0.29, 0.717) is 11.4 Å². The van der Waals surface area contributed by atoms with E-state index in [0.717, 1.165) is 0 Å². The summed E-state index contributed by atoms with van der Waals surface area (Å²) < 4.78 is 17.4. The van der Waals surface area contributed by atoms with E-state index in [9.17, 15) is 14.5 Å². The molecule has 20 heavy (non-hydrogen) atoms. The maximum atomic E-state index is 12.2. The summed E-state index contributed by atoms with van der Waals surface area (Å²) in [6.45, 7) is -0.693. The SMILES string of the molecule is O=[N+]([O-])c1cccnc1Nc1ccccc1OCCF. The number of rotatable bonds is 6. The standard InChI is InChI=1S/C13H12FN3O3/c14-7-9-20-12-6-2-1-4-10(12)16-13-11(17(18)19)5-3-8-15-13/h1-6,8H,7,9H2,(H,15,16). The minimum Gasteiger partial charge on any atom is -0.489 e. The summed E-state index contributed by atoms with van der Waals surface area (Å²) in [5, 5.41) is 13.7. The lowest BCUT2D eigenvalue weighted by Gasteiger charge is -2.11. The van der Waals surface area contributed by atoms with Crippen LogP contribution in [-0.4, -0.2) is 23.2 Å². The monoisotopic (exact) mass is 277 g/mol. The molecule has 104 valence electrons. The molecule has 0 atom stereocenters. The van der Waals surface area contributed by atoms with Crippen LogP contribution in [0.25, 0.3) is 0 Å².